The van der Waals surface area contributed by atoms with Crippen LogP contribution in [0.2, 0.25) is 0 Å². The van der Waals surface area contributed by atoms with E-state index in [2.05, 4.69) is 31.5 Å². The molecule has 0 radical (unpaired) electrons. The highest BCUT2D eigenvalue weighted by Crippen LogP contribution is 2.18. The van der Waals surface area contributed by atoms with Gasteiger partial charge in [-0.3, -0.25) is 0 Å². The highest BCUT2D eigenvalue weighted by Gasteiger charge is 2.13. The molecular formula is C9H14N2. The first-order valence-electron chi connectivity index (χ1n) is 3.68. The van der Waals surface area contributed by atoms with Crippen LogP contribution in [-0.2, 0) is 0 Å². The van der Waals surface area contributed by atoms with Gasteiger partial charge < -0.3 is 4.90 Å². The Kier molecular flexibility index (Phi) is 1.85. The zero-order chi connectivity index (χ0) is 8.48. The molecule has 60 valence electrons. The van der Waals surface area contributed by atoms with Gasteiger partial charge in [0, 0.05) is 24.9 Å². The van der Waals surface area contributed by atoms with Crippen molar-refractivity contribution in [1.29, 1.82) is 0 Å². The zero-order valence-corrected chi connectivity index (χ0v) is 7.33. The van der Waals surface area contributed by atoms with Gasteiger partial charge in [0.2, 0.25) is 0 Å². The van der Waals surface area contributed by atoms with Gasteiger partial charge in [0.1, 0.15) is 5.82 Å². The number of hydrogen-bond acceptors (Lipinski definition) is 2. The molecule has 1 aliphatic heterocycles. The van der Waals surface area contributed by atoms with Crippen LogP contribution in [0.3, 0.4) is 0 Å². The van der Waals surface area contributed by atoms with E-state index < -0.39 is 0 Å². The van der Waals surface area contributed by atoms with Gasteiger partial charge in [-0.25, -0.2) is 4.99 Å². The van der Waals surface area contributed by atoms with Crippen molar-refractivity contribution in [1.82, 2.24) is 4.90 Å². The highest BCUT2D eigenvalue weighted by atomic mass is 15.2. The summed E-state index contributed by atoms with van der Waals surface area (Å²) < 4.78 is 0. The van der Waals surface area contributed by atoms with Gasteiger partial charge in [-0.2, -0.15) is 0 Å². The standard InChI is InChI=1S/C9H14N2/c1-8-10-7-9(2,3)5-6-11(8)4/h5-7H,1H2,2-4H3. The minimum absolute atomic E-state index is 0.0493. The number of hydrogen-bond donors (Lipinski definition) is 0. The van der Waals surface area contributed by atoms with Crippen LogP contribution in [0.5, 0.6) is 0 Å². The van der Waals surface area contributed by atoms with Gasteiger partial charge in [0.05, 0.1) is 0 Å². The Hall–Kier alpha value is -1.05. The normalized spacial score (nSPS) is 22.1. The molecule has 0 spiro atoms. The Morgan fingerprint density at radius 2 is 2.18 bits per heavy atom. The smallest absolute Gasteiger partial charge is 0.124 e. The van der Waals surface area contributed by atoms with Gasteiger partial charge >= 0.3 is 0 Å². The fraction of sp³-hybridized carbons (Fsp3) is 0.444. The largest absolute Gasteiger partial charge is 0.337 e. The van der Waals surface area contributed by atoms with Gasteiger partial charge in [0.25, 0.3) is 0 Å². The molecule has 2 nitrogen and oxygen atoms in total. The van der Waals surface area contributed by atoms with Crippen LogP contribution in [0.1, 0.15) is 13.8 Å². The summed E-state index contributed by atoms with van der Waals surface area (Å²) in [6, 6.07) is 0. The monoisotopic (exact) mass is 150 g/mol. The van der Waals surface area contributed by atoms with Crippen molar-refractivity contribution in [2.24, 2.45) is 10.4 Å². The van der Waals surface area contributed by atoms with Gasteiger partial charge in [0.15, 0.2) is 0 Å². The lowest BCUT2D eigenvalue weighted by Crippen LogP contribution is -2.07. The van der Waals surface area contributed by atoms with E-state index in [1.165, 1.54) is 0 Å². The lowest BCUT2D eigenvalue weighted by molar-refractivity contribution is 0.563. The summed E-state index contributed by atoms with van der Waals surface area (Å²) >= 11 is 0. The second-order valence-corrected chi connectivity index (χ2v) is 3.42. The molecule has 0 bridgehead atoms. The first-order valence-corrected chi connectivity index (χ1v) is 3.68. The first-order chi connectivity index (χ1) is 5.01. The SMILES string of the molecule is C=C1N=CC(C)(C)C=CN1C. The second-order valence-electron chi connectivity index (χ2n) is 3.42. The summed E-state index contributed by atoms with van der Waals surface area (Å²) in [5.41, 5.74) is 0.0493. The van der Waals surface area contributed by atoms with Gasteiger partial charge in [-0.15, -0.1) is 0 Å². The maximum Gasteiger partial charge on any atom is 0.124 e. The van der Waals surface area contributed by atoms with Gasteiger partial charge in [-0.1, -0.05) is 26.5 Å². The molecule has 2 heteroatoms. The van der Waals surface area contributed by atoms with Crippen LogP contribution in [-0.4, -0.2) is 18.2 Å². The first kappa shape index (κ1) is 8.05. The molecule has 0 aromatic rings. The van der Waals surface area contributed by atoms with Crippen LogP contribution < -0.4 is 0 Å². The molecule has 1 rings (SSSR count). The lowest BCUT2D eigenvalue weighted by Gasteiger charge is -2.11. The van der Waals surface area contributed by atoms with Crippen LogP contribution in [0.15, 0.2) is 29.7 Å². The van der Waals surface area contributed by atoms with Crippen LogP contribution in [0, 0.1) is 5.41 Å². The topological polar surface area (TPSA) is 15.6 Å². The summed E-state index contributed by atoms with van der Waals surface area (Å²) in [5, 5.41) is 0. The minimum Gasteiger partial charge on any atom is -0.337 e. The second kappa shape index (κ2) is 2.53. The fourth-order valence-corrected chi connectivity index (χ4v) is 0.765. The molecule has 0 saturated carbocycles. The molecule has 0 aromatic heterocycles. The Morgan fingerprint density at radius 1 is 1.55 bits per heavy atom. The molecule has 0 amide bonds. The molecule has 0 atom stereocenters. The van der Waals surface area contributed by atoms with Crippen molar-refractivity contribution in [3.63, 3.8) is 0 Å². The fourth-order valence-electron chi connectivity index (χ4n) is 0.765. The molecule has 1 heterocycles. The van der Waals surface area contributed by atoms with Crippen molar-refractivity contribution >= 4 is 6.21 Å². The number of rotatable bonds is 0. The molecule has 0 aliphatic carbocycles. The maximum absolute atomic E-state index is 4.20. The van der Waals surface area contributed by atoms with Crippen LogP contribution in [0.4, 0.5) is 0 Å². The Bertz CT molecular complexity index is 224. The minimum atomic E-state index is 0.0493. The molecule has 11 heavy (non-hydrogen) atoms. The summed E-state index contributed by atoms with van der Waals surface area (Å²) in [7, 11) is 1.94. The third-order valence-corrected chi connectivity index (χ3v) is 1.68. The number of aliphatic imine (C=N–C) groups is 1. The zero-order valence-electron chi connectivity index (χ0n) is 7.33. The van der Waals surface area contributed by atoms with Crippen molar-refractivity contribution in [2.75, 3.05) is 7.05 Å². The molecule has 0 saturated heterocycles. The number of allylic oxidation sites excluding steroid dienone is 1. The quantitative estimate of drug-likeness (QED) is 0.515. The average molecular weight is 150 g/mol. The lowest BCUT2D eigenvalue weighted by atomic mass is 9.96. The van der Waals surface area contributed by atoms with E-state index in [4.69, 9.17) is 0 Å². The molecule has 0 fully saturated rings. The molecule has 0 N–H and O–H groups in total. The van der Waals surface area contributed by atoms with E-state index in [0.717, 1.165) is 5.82 Å². The molecular weight excluding hydrogens is 136 g/mol. The summed E-state index contributed by atoms with van der Waals surface area (Å²) in [6.45, 7) is 8.02. The molecule has 0 aromatic carbocycles. The van der Waals surface area contributed by atoms with Crippen LogP contribution >= 0.6 is 0 Å². The Labute approximate surface area is 67.9 Å². The summed E-state index contributed by atoms with van der Waals surface area (Å²) in [6.07, 6.45) is 6.01. The number of nitrogens with zero attached hydrogens (tertiary/aromatic N) is 2. The molecule has 1 aliphatic rings. The van der Waals surface area contributed by atoms with E-state index in [1.54, 1.807) is 0 Å². The van der Waals surface area contributed by atoms with E-state index in [9.17, 15) is 0 Å². The summed E-state index contributed by atoms with van der Waals surface area (Å²) in [4.78, 5) is 6.11. The third kappa shape index (κ3) is 1.93. The van der Waals surface area contributed by atoms with Crippen molar-refractivity contribution in [2.45, 2.75) is 13.8 Å². The van der Waals surface area contributed by atoms with Gasteiger partial charge in [-0.05, 0) is 0 Å². The van der Waals surface area contributed by atoms with E-state index >= 15 is 0 Å². The van der Waals surface area contributed by atoms with E-state index in [-0.39, 0.29) is 5.41 Å². The van der Waals surface area contributed by atoms with Crippen molar-refractivity contribution in [3.05, 3.63) is 24.7 Å². The van der Waals surface area contributed by atoms with Crippen LogP contribution in [0.25, 0.3) is 0 Å². The highest BCUT2D eigenvalue weighted by molar-refractivity contribution is 5.69. The van der Waals surface area contributed by atoms with E-state index in [0.29, 0.717) is 0 Å². The Balaban J connectivity index is 2.93. The molecule has 0 unspecified atom stereocenters. The van der Waals surface area contributed by atoms with E-state index in [1.807, 2.05) is 24.4 Å². The maximum atomic E-state index is 4.20. The Morgan fingerprint density at radius 3 is 2.82 bits per heavy atom. The average Bonchev–Trinajstić information content (AvgIpc) is 2.03. The predicted molar refractivity (Wildman–Crippen MR) is 48.3 cm³/mol. The summed E-state index contributed by atoms with van der Waals surface area (Å²) in [5.74, 6) is 0.784. The van der Waals surface area contributed by atoms with Crippen molar-refractivity contribution < 1.29 is 0 Å². The third-order valence-electron chi connectivity index (χ3n) is 1.68. The predicted octanol–water partition coefficient (Wildman–Crippen LogP) is 2.01. The van der Waals surface area contributed by atoms with Crippen molar-refractivity contribution in [3.8, 4) is 0 Å².